The molecule has 0 aliphatic rings. The van der Waals surface area contributed by atoms with Gasteiger partial charge in [-0.15, -0.1) is 0 Å². The summed E-state index contributed by atoms with van der Waals surface area (Å²) in [5, 5.41) is 1.69. The molecule has 0 aliphatic carbocycles. The summed E-state index contributed by atoms with van der Waals surface area (Å²) < 4.78 is 25.3. The van der Waals surface area contributed by atoms with Gasteiger partial charge in [0.25, 0.3) is 0 Å². The fourth-order valence-electron chi connectivity index (χ4n) is 2.37. The number of aromatic nitrogens is 2. The predicted octanol–water partition coefficient (Wildman–Crippen LogP) is 4.60. The van der Waals surface area contributed by atoms with Crippen LogP contribution in [0.3, 0.4) is 0 Å². The van der Waals surface area contributed by atoms with E-state index < -0.39 is 9.84 Å². The Labute approximate surface area is 156 Å². The number of halogens is 1. The van der Waals surface area contributed by atoms with Gasteiger partial charge in [0.05, 0.1) is 4.90 Å². The molecule has 0 N–H and O–H groups in total. The molecule has 0 unspecified atom stereocenters. The second kappa shape index (κ2) is 6.86. The maximum absolute atomic E-state index is 11.6. The van der Waals surface area contributed by atoms with Gasteiger partial charge >= 0.3 is 0 Å². The van der Waals surface area contributed by atoms with Gasteiger partial charge < -0.3 is 4.57 Å². The molecule has 0 aliphatic heterocycles. The topological polar surface area (TPSA) is 52.0 Å². The minimum Gasteiger partial charge on any atom is -0.326 e. The van der Waals surface area contributed by atoms with E-state index in [0.29, 0.717) is 9.92 Å². The van der Waals surface area contributed by atoms with Gasteiger partial charge in [0.2, 0.25) is 0 Å². The molecule has 1 aromatic heterocycles. The quantitative estimate of drug-likeness (QED) is 0.650. The summed E-state index contributed by atoms with van der Waals surface area (Å²) in [5.74, 6) is 0.888. The average Bonchev–Trinajstić information content (AvgIpc) is 2.84. The Morgan fingerprint density at radius 2 is 1.64 bits per heavy atom. The second-order valence-electron chi connectivity index (χ2n) is 5.72. The fourth-order valence-corrected chi connectivity index (χ4v) is 4.15. The molecule has 0 fully saturated rings. The summed E-state index contributed by atoms with van der Waals surface area (Å²) in [6.45, 7) is 1.94. The van der Waals surface area contributed by atoms with Crippen LogP contribution in [-0.2, 0) is 16.9 Å². The highest BCUT2D eigenvalue weighted by Crippen LogP contribution is 2.36. The lowest BCUT2D eigenvalue weighted by Crippen LogP contribution is -1.96. The van der Waals surface area contributed by atoms with Crippen LogP contribution in [-0.4, -0.2) is 24.2 Å². The van der Waals surface area contributed by atoms with Crippen molar-refractivity contribution in [1.82, 2.24) is 9.55 Å². The Morgan fingerprint density at radius 3 is 2.20 bits per heavy atom. The third-order valence-electron chi connectivity index (χ3n) is 3.85. The highest BCUT2D eigenvalue weighted by Gasteiger charge is 2.16. The van der Waals surface area contributed by atoms with Gasteiger partial charge in [-0.1, -0.05) is 35.5 Å². The molecule has 1 heterocycles. The van der Waals surface area contributed by atoms with E-state index in [9.17, 15) is 8.42 Å². The molecule has 0 atom stereocenters. The van der Waals surface area contributed by atoms with Crippen molar-refractivity contribution in [3.63, 3.8) is 0 Å². The van der Waals surface area contributed by atoms with Gasteiger partial charge in [-0.05, 0) is 43.3 Å². The number of rotatable bonds is 4. The fraction of sp³-hybridized carbons (Fsp3) is 0.167. The van der Waals surface area contributed by atoms with E-state index in [2.05, 4.69) is 4.98 Å². The van der Waals surface area contributed by atoms with E-state index in [4.69, 9.17) is 11.6 Å². The molecule has 0 saturated heterocycles. The van der Waals surface area contributed by atoms with Crippen molar-refractivity contribution in [2.24, 2.45) is 7.05 Å². The lowest BCUT2D eigenvalue weighted by Gasteiger charge is -2.07. The van der Waals surface area contributed by atoms with Crippen LogP contribution in [0.25, 0.3) is 11.3 Å². The van der Waals surface area contributed by atoms with Crippen LogP contribution in [0.15, 0.2) is 63.3 Å². The van der Waals surface area contributed by atoms with Crippen molar-refractivity contribution in [2.75, 3.05) is 6.26 Å². The Hall–Kier alpha value is -1.76. The van der Waals surface area contributed by atoms with Crippen molar-refractivity contribution in [3.8, 4) is 11.3 Å². The Balaban J connectivity index is 2.02. The molecule has 0 bridgehead atoms. The summed E-state index contributed by atoms with van der Waals surface area (Å²) in [5.41, 5.74) is 1.72. The monoisotopic (exact) mass is 392 g/mol. The van der Waals surface area contributed by atoms with Gasteiger partial charge in [0.1, 0.15) is 16.5 Å². The minimum atomic E-state index is -3.21. The molecule has 4 nitrogen and oxygen atoms in total. The van der Waals surface area contributed by atoms with Crippen molar-refractivity contribution in [3.05, 3.63) is 59.4 Å². The molecule has 0 spiro atoms. The summed E-state index contributed by atoms with van der Waals surface area (Å²) in [6.07, 6.45) is 1.20. The molecule has 2 aromatic carbocycles. The zero-order valence-corrected chi connectivity index (χ0v) is 16.4. The summed E-state index contributed by atoms with van der Waals surface area (Å²) in [7, 11) is -1.24. The van der Waals surface area contributed by atoms with Gasteiger partial charge in [0.15, 0.2) is 9.84 Å². The molecule has 0 amide bonds. The van der Waals surface area contributed by atoms with Crippen LogP contribution < -0.4 is 0 Å². The molecule has 3 rings (SSSR count). The summed E-state index contributed by atoms with van der Waals surface area (Å²) >= 11 is 7.55. The number of benzene rings is 2. The van der Waals surface area contributed by atoms with E-state index in [1.165, 1.54) is 6.26 Å². The number of imidazole rings is 1. The van der Waals surface area contributed by atoms with E-state index in [1.54, 1.807) is 36.0 Å². The summed E-state index contributed by atoms with van der Waals surface area (Å²) in [6, 6.07) is 14.5. The van der Waals surface area contributed by atoms with E-state index in [-0.39, 0.29) is 0 Å². The maximum atomic E-state index is 11.6. The number of sulfone groups is 1. The first-order chi connectivity index (χ1) is 11.8. The predicted molar refractivity (Wildman–Crippen MR) is 102 cm³/mol. The molecule has 25 heavy (non-hydrogen) atoms. The molecule has 0 saturated carbocycles. The molecular formula is C18H17ClN2O2S2. The standard InChI is InChI=1S/C18H17ClN2O2S2/c1-12-20-17(13-4-10-16(11-5-13)25(3,22)23)18(21(12)2)24-15-8-6-14(19)7-9-15/h4-11H,1-3H3. The van der Waals surface area contributed by atoms with Crippen LogP contribution in [0, 0.1) is 6.92 Å². The van der Waals surface area contributed by atoms with Gasteiger partial charge in [-0.25, -0.2) is 13.4 Å². The largest absolute Gasteiger partial charge is 0.326 e. The zero-order valence-electron chi connectivity index (χ0n) is 14.0. The Kier molecular flexibility index (Phi) is 4.95. The lowest BCUT2D eigenvalue weighted by atomic mass is 10.2. The van der Waals surface area contributed by atoms with Gasteiger partial charge in [0, 0.05) is 28.8 Å². The molecule has 3 aromatic rings. The average molecular weight is 393 g/mol. The Bertz CT molecular complexity index is 1010. The van der Waals surface area contributed by atoms with Crippen molar-refractivity contribution < 1.29 is 8.42 Å². The van der Waals surface area contributed by atoms with Crippen molar-refractivity contribution in [1.29, 1.82) is 0 Å². The highest BCUT2D eigenvalue weighted by molar-refractivity contribution is 7.99. The number of nitrogens with zero attached hydrogens (tertiary/aromatic N) is 2. The van der Waals surface area contributed by atoms with E-state index >= 15 is 0 Å². The van der Waals surface area contributed by atoms with E-state index in [0.717, 1.165) is 27.0 Å². The maximum Gasteiger partial charge on any atom is 0.175 e. The van der Waals surface area contributed by atoms with Crippen LogP contribution in [0.5, 0.6) is 0 Å². The van der Waals surface area contributed by atoms with E-state index in [1.807, 2.05) is 42.8 Å². The second-order valence-corrected chi connectivity index (χ2v) is 9.24. The lowest BCUT2D eigenvalue weighted by molar-refractivity contribution is 0.602. The zero-order chi connectivity index (χ0) is 18.2. The SMILES string of the molecule is Cc1nc(-c2ccc(S(C)(=O)=O)cc2)c(Sc2ccc(Cl)cc2)n1C. The molecular weight excluding hydrogens is 376 g/mol. The van der Waals surface area contributed by atoms with Crippen LogP contribution >= 0.6 is 23.4 Å². The van der Waals surface area contributed by atoms with Crippen molar-refractivity contribution >= 4 is 33.2 Å². The number of hydrogen-bond donors (Lipinski definition) is 0. The van der Waals surface area contributed by atoms with Gasteiger partial charge in [-0.3, -0.25) is 0 Å². The first-order valence-electron chi connectivity index (χ1n) is 7.53. The summed E-state index contributed by atoms with van der Waals surface area (Å²) in [4.78, 5) is 6.01. The molecule has 130 valence electrons. The van der Waals surface area contributed by atoms with Gasteiger partial charge in [-0.2, -0.15) is 0 Å². The smallest absolute Gasteiger partial charge is 0.175 e. The first-order valence-corrected chi connectivity index (χ1v) is 10.6. The van der Waals surface area contributed by atoms with Crippen LogP contribution in [0.1, 0.15) is 5.82 Å². The van der Waals surface area contributed by atoms with Crippen molar-refractivity contribution in [2.45, 2.75) is 21.7 Å². The minimum absolute atomic E-state index is 0.302. The third kappa shape index (κ3) is 3.92. The molecule has 0 radical (unpaired) electrons. The van der Waals surface area contributed by atoms with Crippen LogP contribution in [0.2, 0.25) is 5.02 Å². The third-order valence-corrected chi connectivity index (χ3v) is 6.40. The van der Waals surface area contributed by atoms with Crippen LogP contribution in [0.4, 0.5) is 0 Å². The normalized spacial score (nSPS) is 11.7. The number of hydrogen-bond acceptors (Lipinski definition) is 4. The first kappa shape index (κ1) is 18.0. The molecule has 7 heteroatoms. The number of aryl methyl sites for hydroxylation is 1. The Morgan fingerprint density at radius 1 is 1.04 bits per heavy atom. The highest BCUT2D eigenvalue weighted by atomic mass is 35.5.